The summed E-state index contributed by atoms with van der Waals surface area (Å²) in [6.45, 7) is 5.58. The summed E-state index contributed by atoms with van der Waals surface area (Å²) in [7, 11) is -2.73. The number of rotatable bonds is 7. The van der Waals surface area contributed by atoms with E-state index in [1.165, 1.54) is 17.8 Å². The van der Waals surface area contributed by atoms with Crippen molar-refractivity contribution in [3.05, 3.63) is 23.9 Å². The van der Waals surface area contributed by atoms with Crippen molar-refractivity contribution in [2.75, 3.05) is 26.2 Å². The van der Waals surface area contributed by atoms with Gasteiger partial charge in [0.25, 0.3) is 0 Å². The molecule has 0 aliphatic carbocycles. The maximum atomic E-state index is 11.9. The summed E-state index contributed by atoms with van der Waals surface area (Å²) in [5.41, 5.74) is 0.532. The van der Waals surface area contributed by atoms with Crippen LogP contribution in [0.3, 0.4) is 0 Å². The Morgan fingerprint density at radius 3 is 2.83 bits per heavy atom. The van der Waals surface area contributed by atoms with Crippen molar-refractivity contribution in [3.63, 3.8) is 0 Å². The number of hydrogen-bond donors (Lipinski definition) is 0. The van der Waals surface area contributed by atoms with Crippen molar-refractivity contribution in [2.45, 2.75) is 32.6 Å². The molecule has 0 N–H and O–H groups in total. The first-order valence-corrected chi connectivity index (χ1v) is 9.73. The first-order valence-electron chi connectivity index (χ1n) is 7.48. The summed E-state index contributed by atoms with van der Waals surface area (Å²) in [6.07, 6.45) is 4.07. The molecule has 0 aromatic rings. The number of nitrogens with zero attached hydrogens (tertiary/aromatic N) is 1. The van der Waals surface area contributed by atoms with Crippen LogP contribution >= 0.6 is 7.37 Å². The number of amides is 1. The van der Waals surface area contributed by atoms with E-state index in [-0.39, 0.29) is 37.2 Å². The van der Waals surface area contributed by atoms with Gasteiger partial charge in [-0.25, -0.2) is 0 Å². The Bertz CT molecular complexity index is 585. The van der Waals surface area contributed by atoms with Gasteiger partial charge in [0.05, 0.1) is 19.6 Å². The third-order valence-electron chi connectivity index (χ3n) is 3.46. The molecule has 0 saturated heterocycles. The minimum Gasteiger partial charge on any atom is -0.368 e. The van der Waals surface area contributed by atoms with Crippen LogP contribution in [0.15, 0.2) is 23.9 Å². The monoisotopic (exact) mass is 343 g/mol. The highest BCUT2D eigenvalue weighted by Gasteiger charge is 2.32. The van der Waals surface area contributed by atoms with Gasteiger partial charge in [0.2, 0.25) is 13.3 Å². The number of carbonyl (C=O) groups excluding carboxylic acids is 2. The third kappa shape index (κ3) is 4.85. The summed E-state index contributed by atoms with van der Waals surface area (Å²) in [4.78, 5) is 24.8. The van der Waals surface area contributed by atoms with Gasteiger partial charge in [-0.1, -0.05) is 6.08 Å². The second kappa shape index (κ2) is 7.53. The molecule has 2 heterocycles. The largest absolute Gasteiger partial charge is 0.368 e. The van der Waals surface area contributed by atoms with Gasteiger partial charge in [-0.15, -0.1) is 0 Å². The van der Waals surface area contributed by atoms with Gasteiger partial charge in [-0.05, 0) is 19.9 Å². The van der Waals surface area contributed by atoms with Gasteiger partial charge in [0.1, 0.15) is 12.5 Å². The fourth-order valence-corrected chi connectivity index (χ4v) is 3.38. The molecule has 1 amide bonds. The molecule has 0 aromatic heterocycles. The first kappa shape index (κ1) is 18.1. The van der Waals surface area contributed by atoms with Gasteiger partial charge in [0.15, 0.2) is 12.0 Å². The maximum absolute atomic E-state index is 11.9. The molecule has 0 bridgehead atoms. The number of ether oxygens (including phenoxy) is 2. The zero-order chi connectivity index (χ0) is 17.0. The summed E-state index contributed by atoms with van der Waals surface area (Å²) < 4.78 is 28.1. The van der Waals surface area contributed by atoms with E-state index in [0.717, 1.165) is 0 Å². The lowest BCUT2D eigenvalue weighted by molar-refractivity contribution is -0.142. The maximum Gasteiger partial charge on any atom is 0.236 e. The second-order valence-corrected chi connectivity index (χ2v) is 8.14. The van der Waals surface area contributed by atoms with E-state index in [2.05, 4.69) is 0 Å². The molecule has 0 saturated carbocycles. The van der Waals surface area contributed by atoms with E-state index in [1.54, 1.807) is 26.0 Å². The molecule has 0 fully saturated rings. The second-order valence-electron chi connectivity index (χ2n) is 5.59. The molecule has 23 heavy (non-hydrogen) atoms. The van der Waals surface area contributed by atoms with Crippen molar-refractivity contribution in [1.29, 1.82) is 0 Å². The fourth-order valence-electron chi connectivity index (χ4n) is 2.32. The summed E-state index contributed by atoms with van der Waals surface area (Å²) in [6, 6.07) is 0. The quantitative estimate of drug-likeness (QED) is 0.399. The lowest BCUT2D eigenvalue weighted by Crippen LogP contribution is -2.40. The Balaban J connectivity index is 1.83. The molecule has 7 nitrogen and oxygen atoms in total. The Labute approximate surface area is 135 Å². The van der Waals surface area contributed by atoms with Gasteiger partial charge in [-0.3, -0.25) is 19.1 Å². The molecule has 3 atom stereocenters. The van der Waals surface area contributed by atoms with E-state index in [0.29, 0.717) is 12.2 Å². The zero-order valence-electron chi connectivity index (χ0n) is 13.6. The number of allylic oxidation sites excluding steroid dienone is 1. The molecule has 0 aromatic carbocycles. The van der Waals surface area contributed by atoms with Crippen molar-refractivity contribution in [1.82, 2.24) is 4.90 Å². The van der Waals surface area contributed by atoms with Crippen LogP contribution in [-0.2, 0) is 28.2 Å². The van der Waals surface area contributed by atoms with E-state index in [4.69, 9.17) is 14.0 Å². The number of ketones is 1. The molecular formula is C15H22NO6P. The van der Waals surface area contributed by atoms with Crippen LogP contribution < -0.4 is 0 Å². The Hall–Kier alpha value is -1.27. The molecule has 128 valence electrons. The summed E-state index contributed by atoms with van der Waals surface area (Å²) in [5.74, 6) is -0.450. The summed E-state index contributed by atoms with van der Waals surface area (Å²) >= 11 is 0. The van der Waals surface area contributed by atoms with Gasteiger partial charge < -0.3 is 14.0 Å². The van der Waals surface area contributed by atoms with Crippen LogP contribution in [0.1, 0.15) is 20.3 Å². The molecule has 2 aliphatic heterocycles. The van der Waals surface area contributed by atoms with E-state index in [9.17, 15) is 14.2 Å². The molecule has 2 rings (SSSR count). The van der Waals surface area contributed by atoms with Crippen LogP contribution in [0.2, 0.25) is 0 Å². The van der Waals surface area contributed by atoms with Crippen molar-refractivity contribution in [3.8, 4) is 0 Å². The first-order chi connectivity index (χ1) is 10.8. The van der Waals surface area contributed by atoms with Gasteiger partial charge in [-0.2, -0.15) is 0 Å². The minimum atomic E-state index is -2.73. The molecule has 0 spiro atoms. The topological polar surface area (TPSA) is 82.1 Å². The van der Waals surface area contributed by atoms with Gasteiger partial charge in [0, 0.05) is 18.4 Å². The molecular weight excluding hydrogens is 321 g/mol. The average Bonchev–Trinajstić information content (AvgIpc) is 2.91. The van der Waals surface area contributed by atoms with E-state index in [1.807, 2.05) is 0 Å². The predicted octanol–water partition coefficient (Wildman–Crippen LogP) is 1.89. The van der Waals surface area contributed by atoms with Crippen LogP contribution in [0.25, 0.3) is 0 Å². The van der Waals surface area contributed by atoms with E-state index < -0.39 is 13.6 Å². The number of carbonyl (C=O) groups is 2. The Morgan fingerprint density at radius 2 is 2.13 bits per heavy atom. The zero-order valence-corrected chi connectivity index (χ0v) is 14.5. The molecule has 2 aliphatic rings. The van der Waals surface area contributed by atoms with E-state index >= 15 is 0 Å². The SMILES string of the molecule is CCOP(C)(=O)COCC1C=CC(N2C=C(C)C(=O)CC2=O)O1. The highest BCUT2D eigenvalue weighted by atomic mass is 31.2. The molecule has 0 radical (unpaired) electrons. The normalized spacial score (nSPS) is 27.3. The molecule has 3 unspecified atom stereocenters. The number of hydrogen-bond acceptors (Lipinski definition) is 6. The highest BCUT2D eigenvalue weighted by Crippen LogP contribution is 2.42. The third-order valence-corrected chi connectivity index (χ3v) is 4.92. The fraction of sp³-hybridized carbons (Fsp3) is 0.600. The lowest BCUT2D eigenvalue weighted by atomic mass is 10.1. The van der Waals surface area contributed by atoms with Crippen LogP contribution in [0, 0.1) is 0 Å². The minimum absolute atomic E-state index is 0.0232. The Kier molecular flexibility index (Phi) is 5.92. The van der Waals surface area contributed by atoms with Crippen molar-refractivity contribution in [2.24, 2.45) is 0 Å². The van der Waals surface area contributed by atoms with Crippen molar-refractivity contribution >= 4 is 19.1 Å². The van der Waals surface area contributed by atoms with Gasteiger partial charge >= 0.3 is 0 Å². The highest BCUT2D eigenvalue weighted by molar-refractivity contribution is 7.57. The van der Waals surface area contributed by atoms with Crippen LogP contribution in [-0.4, -0.2) is 55.1 Å². The lowest BCUT2D eigenvalue weighted by Gasteiger charge is -2.28. The van der Waals surface area contributed by atoms with Crippen LogP contribution in [0.4, 0.5) is 0 Å². The Morgan fingerprint density at radius 1 is 1.39 bits per heavy atom. The van der Waals surface area contributed by atoms with Crippen molar-refractivity contribution < 1.29 is 28.2 Å². The predicted molar refractivity (Wildman–Crippen MR) is 84.0 cm³/mol. The summed E-state index contributed by atoms with van der Waals surface area (Å²) in [5, 5.41) is 0. The smallest absolute Gasteiger partial charge is 0.236 e. The average molecular weight is 343 g/mol. The molecule has 8 heteroatoms. The number of Topliss-reactive ketones (excluding diaryl/α,β-unsaturated/α-hetero) is 1. The van der Waals surface area contributed by atoms with Crippen LogP contribution in [0.5, 0.6) is 0 Å². The standard InChI is InChI=1S/C15H22NO6P/c1-4-21-23(3,19)10-20-9-12-5-6-15(22-12)16-8-11(2)13(17)7-14(16)18/h5-6,8,12,15H,4,7,9-10H2,1-3H3.